The number of anilines is 1. The van der Waals surface area contributed by atoms with Crippen LogP contribution in [-0.2, 0) is 6.42 Å². The van der Waals surface area contributed by atoms with E-state index in [0.717, 1.165) is 25.3 Å². The van der Waals surface area contributed by atoms with Gasteiger partial charge in [-0.2, -0.15) is 5.10 Å². The zero-order chi connectivity index (χ0) is 10.3. The summed E-state index contributed by atoms with van der Waals surface area (Å²) in [6, 6.07) is 0.566. The molecule has 3 N–H and O–H groups in total. The maximum absolute atomic E-state index is 5.93. The number of hydrogen-bond acceptors (Lipinski definition) is 4. The van der Waals surface area contributed by atoms with Crippen molar-refractivity contribution in [3.63, 3.8) is 0 Å². The van der Waals surface area contributed by atoms with E-state index in [-0.39, 0.29) is 0 Å². The number of piperidine rings is 1. The van der Waals surface area contributed by atoms with E-state index >= 15 is 0 Å². The van der Waals surface area contributed by atoms with Crippen LogP contribution >= 0.6 is 11.8 Å². The predicted octanol–water partition coefficient (Wildman–Crippen LogP) is 1.04. The van der Waals surface area contributed by atoms with Crippen molar-refractivity contribution in [2.24, 2.45) is 0 Å². The number of nitrogens with two attached hydrogens (primary N) is 1. The van der Waals surface area contributed by atoms with Crippen molar-refractivity contribution < 1.29 is 0 Å². The summed E-state index contributed by atoms with van der Waals surface area (Å²) >= 11 is 1.86. The topological polar surface area (TPSA) is 55.9 Å². The molecular formula is C10H16N4S. The lowest BCUT2D eigenvalue weighted by molar-refractivity contribution is 0.336. The molecule has 1 fully saturated rings. The molecule has 0 aliphatic carbocycles. The maximum atomic E-state index is 5.93. The number of nitrogen functional groups attached to an aromatic ring is 1. The molecule has 0 unspecified atom stereocenters. The summed E-state index contributed by atoms with van der Waals surface area (Å²) in [7, 11) is 0. The van der Waals surface area contributed by atoms with Crippen LogP contribution < -0.4 is 11.1 Å². The fourth-order valence-corrected chi connectivity index (χ4v) is 3.51. The van der Waals surface area contributed by atoms with Gasteiger partial charge in [-0.3, -0.25) is 4.68 Å². The monoisotopic (exact) mass is 224 g/mol. The highest BCUT2D eigenvalue weighted by Gasteiger charge is 2.26. The van der Waals surface area contributed by atoms with Gasteiger partial charge in [-0.15, -0.1) is 11.8 Å². The fourth-order valence-electron chi connectivity index (χ4n) is 2.46. The van der Waals surface area contributed by atoms with E-state index in [2.05, 4.69) is 15.1 Å². The molecule has 4 nitrogen and oxygen atoms in total. The van der Waals surface area contributed by atoms with Gasteiger partial charge in [-0.05, 0) is 32.4 Å². The number of fused-ring (bicyclic) bond motifs is 1. The number of rotatable bonds is 1. The van der Waals surface area contributed by atoms with Gasteiger partial charge < -0.3 is 11.1 Å². The van der Waals surface area contributed by atoms with Crippen molar-refractivity contribution >= 4 is 17.6 Å². The lowest BCUT2D eigenvalue weighted by atomic mass is 10.1. The van der Waals surface area contributed by atoms with E-state index in [1.54, 1.807) is 0 Å². The first-order valence-electron chi connectivity index (χ1n) is 5.56. The zero-order valence-corrected chi connectivity index (χ0v) is 9.52. The second-order valence-electron chi connectivity index (χ2n) is 4.19. The molecule has 0 radical (unpaired) electrons. The van der Waals surface area contributed by atoms with Crippen molar-refractivity contribution in [1.82, 2.24) is 15.1 Å². The highest BCUT2D eigenvalue weighted by atomic mass is 32.2. The summed E-state index contributed by atoms with van der Waals surface area (Å²) in [5.74, 6) is 1.91. The Balaban J connectivity index is 1.93. The molecule has 0 bridgehead atoms. The van der Waals surface area contributed by atoms with Crippen LogP contribution in [0.5, 0.6) is 0 Å². The number of thioether (sulfide) groups is 1. The molecule has 3 heterocycles. The van der Waals surface area contributed by atoms with E-state index in [4.69, 9.17) is 5.73 Å². The van der Waals surface area contributed by atoms with E-state index in [0.29, 0.717) is 6.04 Å². The molecule has 1 aromatic rings. The number of nitrogens with one attached hydrogen (secondary N) is 1. The minimum Gasteiger partial charge on any atom is -0.381 e. The molecule has 0 saturated carbocycles. The molecule has 1 aromatic heterocycles. The molecule has 1 saturated heterocycles. The molecule has 5 heteroatoms. The van der Waals surface area contributed by atoms with Gasteiger partial charge in [0.05, 0.1) is 16.6 Å². The first-order chi connectivity index (χ1) is 7.36. The predicted molar refractivity (Wildman–Crippen MR) is 62.2 cm³/mol. The molecule has 0 atom stereocenters. The Hall–Kier alpha value is -0.680. The molecule has 0 amide bonds. The normalized spacial score (nSPS) is 21.9. The second kappa shape index (κ2) is 3.72. The Morgan fingerprint density at radius 2 is 2.20 bits per heavy atom. The van der Waals surface area contributed by atoms with Crippen molar-refractivity contribution in [1.29, 1.82) is 0 Å². The van der Waals surface area contributed by atoms with Gasteiger partial charge in [0, 0.05) is 5.75 Å². The van der Waals surface area contributed by atoms with Crippen molar-refractivity contribution in [3.05, 3.63) is 5.69 Å². The van der Waals surface area contributed by atoms with Crippen LogP contribution in [0.15, 0.2) is 4.90 Å². The Labute approximate surface area is 93.6 Å². The highest BCUT2D eigenvalue weighted by Crippen LogP contribution is 2.38. The summed E-state index contributed by atoms with van der Waals surface area (Å²) in [6.07, 6.45) is 3.49. The van der Waals surface area contributed by atoms with Crippen LogP contribution in [0.1, 0.15) is 24.6 Å². The SMILES string of the molecule is Nc1nn(C2CCNCC2)c2c1SCC2. The lowest BCUT2D eigenvalue weighted by Crippen LogP contribution is -2.30. The molecular weight excluding hydrogens is 208 g/mol. The summed E-state index contributed by atoms with van der Waals surface area (Å²) < 4.78 is 2.20. The van der Waals surface area contributed by atoms with Crippen LogP contribution in [0.25, 0.3) is 0 Å². The number of hydrogen-bond donors (Lipinski definition) is 2. The maximum Gasteiger partial charge on any atom is 0.159 e. The van der Waals surface area contributed by atoms with Crippen LogP contribution in [0.2, 0.25) is 0 Å². The summed E-state index contributed by atoms with van der Waals surface area (Å²) in [4.78, 5) is 1.24. The van der Waals surface area contributed by atoms with Crippen LogP contribution in [0.4, 0.5) is 5.82 Å². The average Bonchev–Trinajstić information content (AvgIpc) is 2.84. The standard InChI is InChI=1S/C10H16N4S/c11-10-9-8(3-6-15-9)14(13-10)7-1-4-12-5-2-7/h7,12H,1-6H2,(H2,11,13). The van der Waals surface area contributed by atoms with Gasteiger partial charge in [0.1, 0.15) is 0 Å². The van der Waals surface area contributed by atoms with E-state index in [1.165, 1.54) is 29.2 Å². The van der Waals surface area contributed by atoms with Crippen LogP contribution in [-0.4, -0.2) is 28.6 Å². The zero-order valence-electron chi connectivity index (χ0n) is 8.70. The van der Waals surface area contributed by atoms with Crippen molar-refractivity contribution in [2.75, 3.05) is 24.6 Å². The van der Waals surface area contributed by atoms with Gasteiger partial charge in [-0.25, -0.2) is 0 Å². The molecule has 2 aliphatic rings. The lowest BCUT2D eigenvalue weighted by Gasteiger charge is -2.24. The quantitative estimate of drug-likeness (QED) is 0.748. The van der Waals surface area contributed by atoms with Gasteiger partial charge >= 0.3 is 0 Å². The van der Waals surface area contributed by atoms with Crippen molar-refractivity contribution in [2.45, 2.75) is 30.2 Å². The Kier molecular flexibility index (Phi) is 2.36. The van der Waals surface area contributed by atoms with Gasteiger partial charge in [0.25, 0.3) is 0 Å². The van der Waals surface area contributed by atoms with E-state index < -0.39 is 0 Å². The molecule has 0 spiro atoms. The minimum atomic E-state index is 0.566. The average molecular weight is 224 g/mol. The third-order valence-corrected chi connectivity index (χ3v) is 4.37. The molecule has 15 heavy (non-hydrogen) atoms. The first-order valence-corrected chi connectivity index (χ1v) is 6.55. The second-order valence-corrected chi connectivity index (χ2v) is 5.29. The summed E-state index contributed by atoms with van der Waals surface area (Å²) in [5, 5.41) is 7.88. The third-order valence-electron chi connectivity index (χ3n) is 3.23. The summed E-state index contributed by atoms with van der Waals surface area (Å²) in [5.41, 5.74) is 7.31. The number of nitrogens with zero attached hydrogens (tertiary/aromatic N) is 2. The molecule has 82 valence electrons. The fraction of sp³-hybridized carbons (Fsp3) is 0.700. The minimum absolute atomic E-state index is 0.566. The van der Waals surface area contributed by atoms with Crippen LogP contribution in [0, 0.1) is 0 Å². The van der Waals surface area contributed by atoms with Gasteiger partial charge in [0.2, 0.25) is 0 Å². The molecule has 3 rings (SSSR count). The van der Waals surface area contributed by atoms with E-state index in [1.807, 2.05) is 11.8 Å². The Morgan fingerprint density at radius 3 is 3.00 bits per heavy atom. The van der Waals surface area contributed by atoms with E-state index in [9.17, 15) is 0 Å². The van der Waals surface area contributed by atoms with Gasteiger partial charge in [0.15, 0.2) is 5.82 Å². The highest BCUT2D eigenvalue weighted by molar-refractivity contribution is 7.99. The summed E-state index contributed by atoms with van der Waals surface area (Å²) in [6.45, 7) is 2.21. The Morgan fingerprint density at radius 1 is 1.40 bits per heavy atom. The van der Waals surface area contributed by atoms with Crippen molar-refractivity contribution in [3.8, 4) is 0 Å². The molecule has 2 aliphatic heterocycles. The molecule has 0 aromatic carbocycles. The smallest absolute Gasteiger partial charge is 0.159 e. The van der Waals surface area contributed by atoms with Crippen LogP contribution in [0.3, 0.4) is 0 Å². The number of aromatic nitrogens is 2. The largest absolute Gasteiger partial charge is 0.381 e. The van der Waals surface area contributed by atoms with Gasteiger partial charge in [-0.1, -0.05) is 0 Å². The Bertz CT molecular complexity index is 368. The third kappa shape index (κ3) is 1.54. The first kappa shape index (κ1) is 9.54.